The smallest absolute Gasteiger partial charge is 0.164 e. The van der Waals surface area contributed by atoms with Gasteiger partial charge in [0.2, 0.25) is 0 Å². The SMILES string of the molecule is c1ccc(-c2nc(-c3ccccc3)nc(-c3ccc(-c4ccc(-c5c(-c6cccc7c6oc6ccccc67)sc6c5c(-c5ccccc5)nc5ccccc56)cc4)cc3)n2)cc1. The molecule has 0 N–H and O–H groups in total. The van der Waals surface area contributed by atoms with Crippen molar-refractivity contribution in [2.45, 2.75) is 0 Å². The Hall–Kier alpha value is -8.06. The summed E-state index contributed by atoms with van der Waals surface area (Å²) in [5.41, 5.74) is 13.2. The first-order valence-corrected chi connectivity index (χ1v) is 21.4. The number of rotatable bonds is 7. The molecule has 0 saturated heterocycles. The molecule has 0 fully saturated rings. The van der Waals surface area contributed by atoms with Crippen LogP contribution in [0.2, 0.25) is 0 Å². The fourth-order valence-electron chi connectivity index (χ4n) is 8.56. The van der Waals surface area contributed by atoms with Crippen LogP contribution >= 0.6 is 11.3 Å². The second-order valence-corrected chi connectivity index (χ2v) is 16.3. The van der Waals surface area contributed by atoms with Gasteiger partial charge in [-0.15, -0.1) is 11.3 Å². The van der Waals surface area contributed by atoms with E-state index in [9.17, 15) is 0 Å². The second-order valence-electron chi connectivity index (χ2n) is 15.3. The van der Waals surface area contributed by atoms with Gasteiger partial charge in [-0.1, -0.05) is 188 Å². The number of aromatic nitrogens is 4. The summed E-state index contributed by atoms with van der Waals surface area (Å²) in [5.74, 6) is 1.92. The summed E-state index contributed by atoms with van der Waals surface area (Å²) in [4.78, 5) is 21.3. The van der Waals surface area contributed by atoms with Gasteiger partial charge < -0.3 is 4.42 Å². The molecule has 0 unspecified atom stereocenters. The van der Waals surface area contributed by atoms with E-state index in [1.54, 1.807) is 0 Å². The molecule has 12 aromatic rings. The molecule has 0 aliphatic rings. The van der Waals surface area contributed by atoms with Gasteiger partial charge in [-0.2, -0.15) is 0 Å². The molecule has 8 aromatic carbocycles. The lowest BCUT2D eigenvalue weighted by molar-refractivity contribution is 0.670. The number of pyridine rings is 1. The highest BCUT2D eigenvalue weighted by Gasteiger charge is 2.25. The predicted octanol–water partition coefficient (Wildman–Crippen LogP) is 15.2. The average Bonchev–Trinajstić information content (AvgIpc) is 3.95. The van der Waals surface area contributed by atoms with Crippen molar-refractivity contribution < 1.29 is 4.42 Å². The zero-order valence-corrected chi connectivity index (χ0v) is 34.1. The van der Waals surface area contributed by atoms with Crippen LogP contribution in [0.3, 0.4) is 0 Å². The first-order valence-electron chi connectivity index (χ1n) is 20.6. The van der Waals surface area contributed by atoms with E-state index in [1.807, 2.05) is 78.1 Å². The number of fused-ring (bicyclic) bond motifs is 6. The maximum absolute atomic E-state index is 6.68. The van der Waals surface area contributed by atoms with Crippen LogP contribution in [-0.4, -0.2) is 19.9 Å². The van der Waals surface area contributed by atoms with Crippen molar-refractivity contribution in [3.63, 3.8) is 0 Å². The number of hydrogen-bond acceptors (Lipinski definition) is 6. The Labute approximate surface area is 361 Å². The summed E-state index contributed by atoms with van der Waals surface area (Å²) in [6.07, 6.45) is 0. The molecule has 5 nitrogen and oxygen atoms in total. The molecule has 0 radical (unpaired) electrons. The largest absolute Gasteiger partial charge is 0.455 e. The Kier molecular flexibility index (Phi) is 8.61. The van der Waals surface area contributed by atoms with Crippen molar-refractivity contribution in [3.05, 3.63) is 206 Å². The van der Waals surface area contributed by atoms with Gasteiger partial charge in [0.05, 0.1) is 11.2 Å². The van der Waals surface area contributed by atoms with E-state index in [4.69, 9.17) is 24.4 Å². The number of nitrogens with zero attached hydrogens (tertiary/aromatic N) is 4. The van der Waals surface area contributed by atoms with E-state index in [-0.39, 0.29) is 0 Å². The number of hydrogen-bond donors (Lipinski definition) is 0. The van der Waals surface area contributed by atoms with Crippen molar-refractivity contribution >= 4 is 54.3 Å². The Morgan fingerprint density at radius 2 is 0.839 bits per heavy atom. The van der Waals surface area contributed by atoms with E-state index >= 15 is 0 Å². The summed E-state index contributed by atoms with van der Waals surface area (Å²) < 4.78 is 7.89. The fraction of sp³-hybridized carbons (Fsp3) is 0. The molecule has 0 bridgehead atoms. The van der Waals surface area contributed by atoms with Gasteiger partial charge in [-0.25, -0.2) is 19.9 Å². The third-order valence-corrected chi connectivity index (χ3v) is 12.8. The van der Waals surface area contributed by atoms with Crippen LogP contribution in [-0.2, 0) is 0 Å². The normalized spacial score (nSPS) is 11.5. The highest BCUT2D eigenvalue weighted by atomic mass is 32.1. The summed E-state index contributed by atoms with van der Waals surface area (Å²) in [5, 5.41) is 4.50. The lowest BCUT2D eigenvalue weighted by Gasteiger charge is -2.12. The molecule has 0 saturated carbocycles. The van der Waals surface area contributed by atoms with Crippen LogP contribution in [0, 0.1) is 0 Å². The van der Waals surface area contributed by atoms with Crippen LogP contribution < -0.4 is 0 Å². The molecule has 0 amide bonds. The van der Waals surface area contributed by atoms with Crippen molar-refractivity contribution in [1.82, 2.24) is 19.9 Å². The van der Waals surface area contributed by atoms with Crippen LogP contribution in [0.5, 0.6) is 0 Å². The van der Waals surface area contributed by atoms with Gasteiger partial charge in [-0.05, 0) is 34.9 Å². The molecule has 0 spiro atoms. The second kappa shape index (κ2) is 14.9. The summed E-state index contributed by atoms with van der Waals surface area (Å²) >= 11 is 1.82. The Morgan fingerprint density at radius 3 is 1.47 bits per heavy atom. The molecule has 62 heavy (non-hydrogen) atoms. The lowest BCUT2D eigenvalue weighted by atomic mass is 9.93. The molecule has 6 heteroatoms. The van der Waals surface area contributed by atoms with Crippen molar-refractivity contribution in [3.8, 4) is 78.1 Å². The molecule has 0 aliphatic carbocycles. The molecule has 0 atom stereocenters. The number of furan rings is 1. The minimum absolute atomic E-state index is 0.631. The van der Waals surface area contributed by atoms with Gasteiger partial charge in [0, 0.05) is 64.5 Å². The van der Waals surface area contributed by atoms with Gasteiger partial charge in [-0.3, -0.25) is 0 Å². The minimum Gasteiger partial charge on any atom is -0.455 e. The molecule has 290 valence electrons. The van der Waals surface area contributed by atoms with E-state index in [1.165, 1.54) is 4.70 Å². The molecule has 0 aliphatic heterocycles. The molecular weight excluding hydrogens is 777 g/mol. The van der Waals surface area contributed by atoms with Crippen LogP contribution in [0.15, 0.2) is 211 Å². The molecule has 4 aromatic heterocycles. The average molecular weight is 811 g/mol. The maximum atomic E-state index is 6.68. The number of benzene rings is 8. The Balaban J connectivity index is 0.998. The molecule has 4 heterocycles. The van der Waals surface area contributed by atoms with E-state index in [2.05, 4.69) is 140 Å². The van der Waals surface area contributed by atoms with Crippen molar-refractivity contribution in [1.29, 1.82) is 0 Å². The van der Waals surface area contributed by atoms with Crippen molar-refractivity contribution in [2.24, 2.45) is 0 Å². The number of para-hydroxylation sites is 3. The minimum atomic E-state index is 0.631. The predicted molar refractivity (Wildman–Crippen MR) is 256 cm³/mol. The quantitative estimate of drug-likeness (QED) is 0.160. The summed E-state index contributed by atoms with van der Waals surface area (Å²) in [7, 11) is 0. The fourth-order valence-corrected chi connectivity index (χ4v) is 9.94. The standard InChI is InChI=1S/C56H34N4OS/c1-4-15-38(16-5-1)50-49-48(53(62-52(49)44-22-10-12-25-46(44)57-50)45-24-14-23-43-42-21-11-13-26-47(42)61-51(43)45)37-31-27-35(28-32-37)36-29-33-41(34-30-36)56-59-54(39-17-6-2-7-18-39)58-55(60-56)40-19-8-3-9-20-40/h1-34H. The van der Waals surface area contributed by atoms with Crippen LogP contribution in [0.1, 0.15) is 0 Å². The third-order valence-electron chi connectivity index (χ3n) is 11.6. The zero-order chi connectivity index (χ0) is 41.0. The summed E-state index contributed by atoms with van der Waals surface area (Å²) in [6, 6.07) is 71.4. The summed E-state index contributed by atoms with van der Waals surface area (Å²) in [6.45, 7) is 0. The third kappa shape index (κ3) is 6.16. The monoisotopic (exact) mass is 810 g/mol. The Morgan fingerprint density at radius 1 is 0.355 bits per heavy atom. The van der Waals surface area contributed by atoms with E-state index in [0.29, 0.717) is 17.5 Å². The maximum Gasteiger partial charge on any atom is 0.164 e. The first-order chi connectivity index (χ1) is 30.7. The molecule has 12 rings (SSSR count). The van der Waals surface area contributed by atoms with Gasteiger partial charge in [0.15, 0.2) is 17.5 Å². The van der Waals surface area contributed by atoms with E-state index < -0.39 is 0 Å². The molecular formula is C56H34N4OS. The highest BCUT2D eigenvalue weighted by Crippen LogP contribution is 2.52. The number of thiophene rings is 1. The zero-order valence-electron chi connectivity index (χ0n) is 33.2. The Bertz CT molecular complexity index is 3540. The lowest BCUT2D eigenvalue weighted by Crippen LogP contribution is -2.00. The van der Waals surface area contributed by atoms with Crippen LogP contribution in [0.4, 0.5) is 0 Å². The van der Waals surface area contributed by atoms with E-state index in [0.717, 1.165) is 98.9 Å². The first kappa shape index (κ1) is 35.8. The topological polar surface area (TPSA) is 64.7 Å². The van der Waals surface area contributed by atoms with Gasteiger partial charge >= 0.3 is 0 Å². The van der Waals surface area contributed by atoms with Gasteiger partial charge in [0.1, 0.15) is 11.2 Å². The van der Waals surface area contributed by atoms with Crippen molar-refractivity contribution in [2.75, 3.05) is 0 Å². The van der Waals surface area contributed by atoms with Crippen LogP contribution in [0.25, 0.3) is 121 Å². The highest BCUT2D eigenvalue weighted by molar-refractivity contribution is 7.24. The van der Waals surface area contributed by atoms with Gasteiger partial charge in [0.25, 0.3) is 0 Å².